The number of nitrogens with zero attached hydrogens (tertiary/aromatic N) is 1. The molecule has 0 radical (unpaired) electrons. The van der Waals surface area contributed by atoms with E-state index in [9.17, 15) is 4.79 Å². The van der Waals surface area contributed by atoms with Crippen molar-refractivity contribution in [3.8, 4) is 0 Å². The largest absolute Gasteiger partial charge is 0.348 e. The molecule has 12 heavy (non-hydrogen) atoms. The molecular formula is C9H20N2O. The number of likely N-dealkylation sites (N-methyl/N-ethyl adjacent to an activating group) is 1. The third kappa shape index (κ3) is 4.34. The van der Waals surface area contributed by atoms with Crippen LogP contribution in [0.1, 0.15) is 20.8 Å². The molecule has 0 aromatic heterocycles. The molecule has 0 saturated carbocycles. The van der Waals surface area contributed by atoms with Crippen LogP contribution in [0.5, 0.6) is 0 Å². The number of nitrogens with one attached hydrogen (secondary N) is 1. The minimum atomic E-state index is 0.127. The van der Waals surface area contributed by atoms with E-state index in [2.05, 4.69) is 26.1 Å². The maximum atomic E-state index is 11.1. The lowest BCUT2D eigenvalue weighted by molar-refractivity contribution is -0.127. The van der Waals surface area contributed by atoms with Crippen molar-refractivity contribution in [3.05, 3.63) is 0 Å². The highest BCUT2D eigenvalue weighted by molar-refractivity contribution is 5.77. The predicted molar refractivity (Wildman–Crippen MR) is 51.0 cm³/mol. The number of hydrogen-bond acceptors (Lipinski definition) is 2. The highest BCUT2D eigenvalue weighted by Crippen LogP contribution is 1.98. The van der Waals surface area contributed by atoms with E-state index in [0.29, 0.717) is 18.5 Å². The Hall–Kier alpha value is -0.570. The van der Waals surface area contributed by atoms with Gasteiger partial charge in [-0.25, -0.2) is 0 Å². The molecule has 0 aliphatic heterocycles. The first-order valence-corrected chi connectivity index (χ1v) is 4.38. The van der Waals surface area contributed by atoms with Crippen molar-refractivity contribution in [1.82, 2.24) is 10.2 Å². The first-order valence-electron chi connectivity index (χ1n) is 4.38. The molecule has 1 atom stereocenters. The lowest BCUT2D eigenvalue weighted by Gasteiger charge is -2.18. The number of carbonyl (C=O) groups excluding carboxylic acids is 1. The molecule has 0 fully saturated rings. The quantitative estimate of drug-likeness (QED) is 0.677. The third-order valence-electron chi connectivity index (χ3n) is 2.07. The van der Waals surface area contributed by atoms with Crippen molar-refractivity contribution in [2.75, 3.05) is 20.6 Å². The molecule has 72 valence electrons. The summed E-state index contributed by atoms with van der Waals surface area (Å²) in [4.78, 5) is 12.7. The van der Waals surface area contributed by atoms with Crippen molar-refractivity contribution < 1.29 is 4.79 Å². The Bertz CT molecular complexity index is 143. The molecule has 0 spiro atoms. The van der Waals surface area contributed by atoms with Crippen LogP contribution in [-0.2, 0) is 4.79 Å². The molecular weight excluding hydrogens is 152 g/mol. The summed E-state index contributed by atoms with van der Waals surface area (Å²) in [5.41, 5.74) is 0. The van der Waals surface area contributed by atoms with Gasteiger partial charge in [0.1, 0.15) is 0 Å². The van der Waals surface area contributed by atoms with Crippen LogP contribution < -0.4 is 5.32 Å². The van der Waals surface area contributed by atoms with E-state index in [1.165, 1.54) is 0 Å². The van der Waals surface area contributed by atoms with E-state index in [1.807, 2.05) is 0 Å². The second-order valence-corrected chi connectivity index (χ2v) is 3.70. The predicted octanol–water partition coefficient (Wildman–Crippen LogP) is 0.709. The lowest BCUT2D eigenvalue weighted by Crippen LogP contribution is -2.39. The maximum Gasteiger partial charge on any atom is 0.236 e. The molecule has 1 N–H and O–H groups in total. The Morgan fingerprint density at radius 3 is 2.17 bits per heavy atom. The summed E-state index contributed by atoms with van der Waals surface area (Å²) in [6.45, 7) is 6.80. The summed E-state index contributed by atoms with van der Waals surface area (Å²) in [7, 11) is 3.54. The van der Waals surface area contributed by atoms with Gasteiger partial charge < -0.3 is 10.2 Å². The normalized spacial score (nSPS) is 13.2. The Morgan fingerprint density at radius 2 is 1.83 bits per heavy atom. The van der Waals surface area contributed by atoms with Gasteiger partial charge in [-0.2, -0.15) is 0 Å². The van der Waals surface area contributed by atoms with Gasteiger partial charge in [0.15, 0.2) is 0 Å². The van der Waals surface area contributed by atoms with Gasteiger partial charge in [0, 0.05) is 20.1 Å². The van der Waals surface area contributed by atoms with Gasteiger partial charge in [-0.15, -0.1) is 0 Å². The van der Waals surface area contributed by atoms with Crippen LogP contribution in [0.15, 0.2) is 0 Å². The fourth-order valence-electron chi connectivity index (χ4n) is 0.642. The topological polar surface area (TPSA) is 32.3 Å². The van der Waals surface area contributed by atoms with Crippen molar-refractivity contribution in [1.29, 1.82) is 0 Å². The van der Waals surface area contributed by atoms with Crippen LogP contribution in [0.25, 0.3) is 0 Å². The number of carbonyl (C=O) groups is 1. The van der Waals surface area contributed by atoms with Crippen molar-refractivity contribution >= 4 is 5.91 Å². The molecule has 0 unspecified atom stereocenters. The second kappa shape index (κ2) is 5.14. The SMILES string of the molecule is CC(C)[C@@H](C)NCC(=O)N(C)C. The number of hydrogen-bond donors (Lipinski definition) is 1. The zero-order chi connectivity index (χ0) is 9.72. The van der Waals surface area contributed by atoms with Crippen LogP contribution in [0, 0.1) is 5.92 Å². The highest BCUT2D eigenvalue weighted by Gasteiger charge is 2.09. The van der Waals surface area contributed by atoms with Crippen LogP contribution in [0.3, 0.4) is 0 Å². The van der Waals surface area contributed by atoms with Gasteiger partial charge in [0.05, 0.1) is 6.54 Å². The maximum absolute atomic E-state index is 11.1. The molecule has 3 heteroatoms. The zero-order valence-electron chi connectivity index (χ0n) is 8.72. The average Bonchev–Trinajstić information content (AvgIpc) is 1.98. The van der Waals surface area contributed by atoms with Crippen LogP contribution >= 0.6 is 0 Å². The Labute approximate surface area is 75.1 Å². The van der Waals surface area contributed by atoms with Gasteiger partial charge in [0.2, 0.25) is 5.91 Å². The van der Waals surface area contributed by atoms with E-state index in [0.717, 1.165) is 0 Å². The van der Waals surface area contributed by atoms with E-state index in [4.69, 9.17) is 0 Å². The minimum absolute atomic E-state index is 0.127. The summed E-state index contributed by atoms with van der Waals surface area (Å²) < 4.78 is 0. The van der Waals surface area contributed by atoms with Gasteiger partial charge in [0.25, 0.3) is 0 Å². The van der Waals surface area contributed by atoms with Crippen LogP contribution in [0.2, 0.25) is 0 Å². The smallest absolute Gasteiger partial charge is 0.236 e. The monoisotopic (exact) mass is 172 g/mol. The van der Waals surface area contributed by atoms with Gasteiger partial charge in [-0.05, 0) is 12.8 Å². The first-order chi connectivity index (χ1) is 5.45. The van der Waals surface area contributed by atoms with Crippen molar-refractivity contribution in [2.45, 2.75) is 26.8 Å². The van der Waals surface area contributed by atoms with E-state index in [-0.39, 0.29) is 5.91 Å². The van der Waals surface area contributed by atoms with Crippen LogP contribution in [-0.4, -0.2) is 37.5 Å². The summed E-state index contributed by atoms with van der Waals surface area (Å²) in [5, 5.41) is 3.17. The fourth-order valence-corrected chi connectivity index (χ4v) is 0.642. The summed E-state index contributed by atoms with van der Waals surface area (Å²) in [6.07, 6.45) is 0. The average molecular weight is 172 g/mol. The van der Waals surface area contributed by atoms with Crippen molar-refractivity contribution in [2.24, 2.45) is 5.92 Å². The highest BCUT2D eigenvalue weighted by atomic mass is 16.2. The van der Waals surface area contributed by atoms with Gasteiger partial charge in [-0.1, -0.05) is 13.8 Å². The molecule has 0 rings (SSSR count). The van der Waals surface area contributed by atoms with Gasteiger partial charge >= 0.3 is 0 Å². The molecule has 1 amide bonds. The number of rotatable bonds is 4. The van der Waals surface area contributed by atoms with E-state index in [1.54, 1.807) is 19.0 Å². The molecule has 0 aliphatic rings. The molecule has 0 aliphatic carbocycles. The molecule has 0 aromatic rings. The standard InChI is InChI=1S/C9H20N2O/c1-7(2)8(3)10-6-9(12)11(4)5/h7-8,10H,6H2,1-5H3/t8-/m1/s1. The minimum Gasteiger partial charge on any atom is -0.348 e. The molecule has 0 heterocycles. The number of amides is 1. The van der Waals surface area contributed by atoms with Crippen LogP contribution in [0.4, 0.5) is 0 Å². The summed E-state index contributed by atoms with van der Waals surface area (Å²) in [6, 6.07) is 0.397. The third-order valence-corrected chi connectivity index (χ3v) is 2.07. The molecule has 3 nitrogen and oxygen atoms in total. The first kappa shape index (κ1) is 11.4. The Kier molecular flexibility index (Phi) is 4.90. The van der Waals surface area contributed by atoms with E-state index < -0.39 is 0 Å². The Morgan fingerprint density at radius 1 is 1.33 bits per heavy atom. The van der Waals surface area contributed by atoms with Gasteiger partial charge in [-0.3, -0.25) is 4.79 Å². The zero-order valence-corrected chi connectivity index (χ0v) is 8.72. The summed E-state index contributed by atoms with van der Waals surface area (Å²) in [5.74, 6) is 0.697. The fraction of sp³-hybridized carbons (Fsp3) is 0.889. The van der Waals surface area contributed by atoms with E-state index >= 15 is 0 Å². The summed E-state index contributed by atoms with van der Waals surface area (Å²) >= 11 is 0. The molecule has 0 saturated heterocycles. The molecule has 0 aromatic carbocycles. The van der Waals surface area contributed by atoms with Crippen molar-refractivity contribution in [3.63, 3.8) is 0 Å². The molecule has 0 bridgehead atoms. The second-order valence-electron chi connectivity index (χ2n) is 3.70. The lowest BCUT2D eigenvalue weighted by atomic mass is 10.1. The Balaban J connectivity index is 3.61.